The van der Waals surface area contributed by atoms with Crippen molar-refractivity contribution in [2.45, 2.75) is 87.9 Å². The molecule has 9 atom stereocenters. The molecule has 2 aliphatic rings. The van der Waals surface area contributed by atoms with Crippen LogP contribution in [0.15, 0.2) is 76.0 Å². The van der Waals surface area contributed by atoms with E-state index in [9.17, 15) is 26.1 Å². The molecule has 2 aromatic carbocycles. The third-order valence-corrected chi connectivity index (χ3v) is 8.17. The first-order chi connectivity index (χ1) is 20.9. The lowest BCUT2D eigenvalue weighted by Crippen LogP contribution is -2.60. The number of amides is 1. The maximum atomic E-state index is 13.5. The summed E-state index contributed by atoms with van der Waals surface area (Å²) in [7, 11) is 0. The number of benzene rings is 2. The molecule has 1 amide bonds. The van der Waals surface area contributed by atoms with E-state index in [0.717, 1.165) is 11.1 Å². The highest BCUT2D eigenvalue weighted by Crippen LogP contribution is 2.40. The lowest BCUT2D eigenvalue weighted by atomic mass is 9.72. The van der Waals surface area contributed by atoms with Gasteiger partial charge < -0.3 is 19.7 Å². The molecule has 0 spiro atoms. The van der Waals surface area contributed by atoms with Crippen molar-refractivity contribution in [2.24, 2.45) is 21.3 Å². The minimum atomic E-state index is -1.51. The van der Waals surface area contributed by atoms with Crippen LogP contribution in [0, 0.1) is 5.92 Å². The Bertz CT molecular complexity index is 1360. The third-order valence-electron chi connectivity index (χ3n) is 8.17. The number of hydrogen-bond acceptors (Lipinski definition) is 8. The maximum Gasteiger partial charge on any atom is 0.410 e. The fourth-order valence-electron chi connectivity index (χ4n) is 5.92. The van der Waals surface area contributed by atoms with Crippen LogP contribution in [0.4, 0.5) is 4.79 Å². The molecule has 4 rings (SSSR count). The summed E-state index contributed by atoms with van der Waals surface area (Å²) in [6.07, 6.45) is -4.34. The van der Waals surface area contributed by atoms with Gasteiger partial charge >= 0.3 is 6.09 Å². The lowest BCUT2D eigenvalue weighted by Gasteiger charge is -2.48. The van der Waals surface area contributed by atoms with Gasteiger partial charge in [0, 0.05) is 33.2 Å². The van der Waals surface area contributed by atoms with Crippen molar-refractivity contribution in [1.82, 2.24) is 4.90 Å². The monoisotopic (exact) mass is 590 g/mol. The summed E-state index contributed by atoms with van der Waals surface area (Å²) in [5.74, 6) is -0.978. The fraction of sp³-hybridized carbons (Fsp3) is 0.536. The van der Waals surface area contributed by atoms with Gasteiger partial charge in [-0.2, -0.15) is 0 Å². The zero-order chi connectivity index (χ0) is 30.8. The second-order valence-corrected chi connectivity index (χ2v) is 10.7. The summed E-state index contributed by atoms with van der Waals surface area (Å²) >= 11 is 0. The molecule has 2 N–H and O–H groups in total. The van der Waals surface area contributed by atoms with Crippen molar-refractivity contribution < 1.29 is 24.5 Å². The predicted molar refractivity (Wildman–Crippen MR) is 155 cm³/mol. The van der Waals surface area contributed by atoms with E-state index in [1.54, 1.807) is 4.90 Å². The van der Waals surface area contributed by atoms with Crippen molar-refractivity contribution in [3.63, 3.8) is 0 Å². The number of aliphatic hydroxyl groups is 2. The van der Waals surface area contributed by atoms with Gasteiger partial charge in [0.2, 0.25) is 0 Å². The van der Waals surface area contributed by atoms with Gasteiger partial charge in [0.15, 0.2) is 0 Å². The number of hydrogen-bond donors (Lipinski definition) is 2. The van der Waals surface area contributed by atoms with Crippen LogP contribution in [-0.4, -0.2) is 69.8 Å². The molecular weight excluding hydrogens is 556 g/mol. The number of nitrogens with zero attached hydrogens (tertiary/aromatic N) is 10. The van der Waals surface area contributed by atoms with Gasteiger partial charge in [-0.3, -0.25) is 4.90 Å². The summed E-state index contributed by atoms with van der Waals surface area (Å²) in [5, 5.41) is 33.2. The Morgan fingerprint density at radius 2 is 1.49 bits per heavy atom. The zero-order valence-corrected chi connectivity index (χ0v) is 23.6. The van der Waals surface area contributed by atoms with E-state index in [-0.39, 0.29) is 19.6 Å². The minimum absolute atomic E-state index is 0.0357. The Hall–Kier alpha value is -4.48. The number of carbonyl (C=O) groups excluding carboxylic acids is 1. The molecule has 43 heavy (non-hydrogen) atoms. The molecule has 2 aromatic rings. The topological polar surface area (TPSA) is 226 Å². The van der Waals surface area contributed by atoms with E-state index >= 15 is 0 Å². The average molecular weight is 591 g/mol. The standard InChI is InChI=1S/C28H34N10O5/c1-17(38(15-18-8-4-2-5-9-18)28(41)42-16-19-10-6-3-7-11-19)23-13-12-20(32-35-29)27(43-23)24-21(33-36-30)14-22(34-37-31)25(39)26(24)40/h2-11,17,20-27,39-40H,12-16H2,1H3/t17-,20?,21?,22?,23-,24+,25-,26-,27?/m0/s1. The second kappa shape index (κ2) is 15.1. The summed E-state index contributed by atoms with van der Waals surface area (Å²) < 4.78 is 12.2. The molecule has 1 saturated carbocycles. The molecule has 0 aromatic heterocycles. The van der Waals surface area contributed by atoms with E-state index in [1.165, 1.54) is 0 Å². The quantitative estimate of drug-likeness (QED) is 0.206. The van der Waals surface area contributed by atoms with Crippen LogP contribution < -0.4 is 0 Å². The van der Waals surface area contributed by atoms with Gasteiger partial charge in [0.25, 0.3) is 0 Å². The van der Waals surface area contributed by atoms with Crippen molar-refractivity contribution in [3.05, 3.63) is 103 Å². The van der Waals surface area contributed by atoms with Crippen LogP contribution in [-0.2, 0) is 22.6 Å². The normalized spacial score (nSPS) is 29.1. The van der Waals surface area contributed by atoms with Gasteiger partial charge in [-0.05, 0) is 53.9 Å². The average Bonchev–Trinajstić information content (AvgIpc) is 3.03. The highest BCUT2D eigenvalue weighted by Gasteiger charge is 2.51. The Morgan fingerprint density at radius 3 is 2.12 bits per heavy atom. The highest BCUT2D eigenvalue weighted by atomic mass is 16.6. The molecule has 15 heteroatoms. The van der Waals surface area contributed by atoms with Crippen molar-refractivity contribution in [1.29, 1.82) is 0 Å². The number of carbonyl (C=O) groups is 1. The molecule has 1 saturated heterocycles. The van der Waals surface area contributed by atoms with Crippen LogP contribution in [0.1, 0.15) is 37.3 Å². The van der Waals surface area contributed by atoms with Crippen LogP contribution in [0.5, 0.6) is 0 Å². The Balaban J connectivity index is 1.61. The molecule has 226 valence electrons. The Labute approximate surface area is 247 Å². The van der Waals surface area contributed by atoms with Crippen LogP contribution >= 0.6 is 0 Å². The van der Waals surface area contributed by atoms with Crippen LogP contribution in [0.2, 0.25) is 0 Å². The summed E-state index contributed by atoms with van der Waals surface area (Å²) in [6, 6.07) is 15.5. The third kappa shape index (κ3) is 7.68. The molecule has 1 heterocycles. The fourth-order valence-corrected chi connectivity index (χ4v) is 5.92. The Kier molecular flexibility index (Phi) is 11.1. The Morgan fingerprint density at radius 1 is 0.907 bits per heavy atom. The molecule has 0 bridgehead atoms. The van der Waals surface area contributed by atoms with Gasteiger partial charge in [-0.15, -0.1) is 0 Å². The number of ether oxygens (including phenoxy) is 2. The molecule has 2 fully saturated rings. The number of azide groups is 3. The first-order valence-corrected chi connectivity index (χ1v) is 14.0. The molecule has 4 unspecified atom stereocenters. The summed E-state index contributed by atoms with van der Waals surface area (Å²) in [6.45, 7) is 2.15. The molecule has 15 nitrogen and oxygen atoms in total. The zero-order valence-electron chi connectivity index (χ0n) is 23.6. The number of rotatable bonds is 10. The van der Waals surface area contributed by atoms with E-state index in [2.05, 4.69) is 30.1 Å². The first-order valence-electron chi connectivity index (χ1n) is 14.0. The van der Waals surface area contributed by atoms with Crippen molar-refractivity contribution >= 4 is 6.09 Å². The van der Waals surface area contributed by atoms with E-state index < -0.39 is 60.6 Å². The lowest BCUT2D eigenvalue weighted by molar-refractivity contribution is -0.163. The van der Waals surface area contributed by atoms with E-state index in [4.69, 9.17) is 15.0 Å². The SMILES string of the molecule is C[C@@H]([C@@H]1CCC(N=[N+]=[N-])C([C@@H]2C(N=[N+]=[N-])CC(N=[N+]=[N-])[C@H](O)[C@H]2O)O1)N(Cc1ccccc1)C(=O)OCc1ccccc1. The predicted octanol–water partition coefficient (Wildman–Crippen LogP) is 5.54. The molecule has 0 radical (unpaired) electrons. The summed E-state index contributed by atoms with van der Waals surface area (Å²) in [5.41, 5.74) is 29.1. The molecule has 1 aliphatic heterocycles. The van der Waals surface area contributed by atoms with Crippen LogP contribution in [0.3, 0.4) is 0 Å². The van der Waals surface area contributed by atoms with Gasteiger partial charge in [-0.25, -0.2) is 4.79 Å². The van der Waals surface area contributed by atoms with Crippen molar-refractivity contribution in [2.75, 3.05) is 0 Å². The van der Waals surface area contributed by atoms with E-state index in [1.807, 2.05) is 67.6 Å². The van der Waals surface area contributed by atoms with E-state index in [0.29, 0.717) is 12.8 Å². The molecule has 1 aliphatic carbocycles. The van der Waals surface area contributed by atoms with Gasteiger partial charge in [0.1, 0.15) is 6.61 Å². The summed E-state index contributed by atoms with van der Waals surface area (Å²) in [4.78, 5) is 23.7. The van der Waals surface area contributed by atoms with Crippen LogP contribution in [0.25, 0.3) is 31.3 Å². The minimum Gasteiger partial charge on any atom is -0.445 e. The first kappa shape index (κ1) is 31.5. The molecular formula is C28H34N10O5. The maximum absolute atomic E-state index is 13.5. The number of aliphatic hydroxyl groups excluding tert-OH is 2. The van der Waals surface area contributed by atoms with Crippen molar-refractivity contribution in [3.8, 4) is 0 Å². The smallest absolute Gasteiger partial charge is 0.410 e. The van der Waals surface area contributed by atoms with Gasteiger partial charge in [-0.1, -0.05) is 76.0 Å². The second-order valence-electron chi connectivity index (χ2n) is 10.7. The van der Waals surface area contributed by atoms with Gasteiger partial charge in [0.05, 0.1) is 42.5 Å². The largest absolute Gasteiger partial charge is 0.445 e. The highest BCUT2D eigenvalue weighted by molar-refractivity contribution is 5.68.